The van der Waals surface area contributed by atoms with E-state index in [9.17, 15) is 8.42 Å². The van der Waals surface area contributed by atoms with Crippen molar-refractivity contribution in [2.24, 2.45) is 0 Å². The summed E-state index contributed by atoms with van der Waals surface area (Å²) in [4.78, 5) is 0.0935. The molecular weight excluding hydrogens is 309 g/mol. The lowest BCUT2D eigenvalue weighted by Gasteiger charge is -2.16. The summed E-state index contributed by atoms with van der Waals surface area (Å²) < 4.78 is 30.9. The Morgan fingerprint density at radius 2 is 1.95 bits per heavy atom. The minimum atomic E-state index is -3.62. The van der Waals surface area contributed by atoms with Crippen LogP contribution in [-0.4, -0.2) is 19.8 Å². The summed E-state index contributed by atoms with van der Waals surface area (Å²) in [6, 6.07) is 7.62. The maximum Gasteiger partial charge on any atom is 0.243 e. The third-order valence-corrected chi connectivity index (χ3v) is 5.10. The Morgan fingerprint density at radius 3 is 2.53 bits per heavy atom. The molecule has 0 aliphatic carbocycles. The Labute approximate surface area is 121 Å². The minimum Gasteiger partial charge on any atom is -0.468 e. The highest BCUT2D eigenvalue weighted by Gasteiger charge is 2.22. The van der Waals surface area contributed by atoms with Gasteiger partial charge in [0.2, 0.25) is 10.0 Å². The van der Waals surface area contributed by atoms with E-state index in [4.69, 9.17) is 27.6 Å². The molecule has 0 saturated carbocycles. The zero-order chi connectivity index (χ0) is 14.0. The summed E-state index contributed by atoms with van der Waals surface area (Å²) in [5, 5.41) is 0.517. The van der Waals surface area contributed by atoms with Gasteiger partial charge in [-0.05, 0) is 30.3 Å². The molecule has 1 heterocycles. The maximum absolute atomic E-state index is 12.3. The number of halogens is 2. The molecule has 0 radical (unpaired) electrons. The molecule has 1 aromatic heterocycles. The third kappa shape index (κ3) is 3.12. The molecule has 0 spiro atoms. The second-order valence-corrected chi connectivity index (χ2v) is 6.78. The first-order chi connectivity index (χ1) is 8.91. The predicted octanol–water partition coefficient (Wildman–Crippen LogP) is 3.41. The van der Waals surface area contributed by atoms with Crippen LogP contribution in [0, 0.1) is 0 Å². The Kier molecular flexibility index (Phi) is 4.20. The zero-order valence-electron chi connectivity index (χ0n) is 10.0. The number of furan rings is 1. The SMILES string of the molecule is CN(Cc1ccco1)S(=O)(=O)c1ccc(Cl)c(Cl)c1. The van der Waals surface area contributed by atoms with Gasteiger partial charge in [-0.1, -0.05) is 23.2 Å². The smallest absolute Gasteiger partial charge is 0.243 e. The van der Waals surface area contributed by atoms with E-state index in [2.05, 4.69) is 0 Å². The van der Waals surface area contributed by atoms with Crippen LogP contribution in [0.25, 0.3) is 0 Å². The summed E-state index contributed by atoms with van der Waals surface area (Å²) in [6.45, 7) is 0.148. The van der Waals surface area contributed by atoms with E-state index in [1.54, 1.807) is 12.1 Å². The normalized spacial score (nSPS) is 12.0. The molecule has 0 saturated heterocycles. The van der Waals surface area contributed by atoms with Crippen molar-refractivity contribution in [2.45, 2.75) is 11.4 Å². The zero-order valence-corrected chi connectivity index (χ0v) is 12.3. The lowest BCUT2D eigenvalue weighted by Crippen LogP contribution is -2.26. The lowest BCUT2D eigenvalue weighted by atomic mass is 10.4. The number of hydrogen-bond donors (Lipinski definition) is 0. The van der Waals surface area contributed by atoms with Gasteiger partial charge in [0.05, 0.1) is 27.7 Å². The molecule has 0 bridgehead atoms. The van der Waals surface area contributed by atoms with Crippen LogP contribution in [0.4, 0.5) is 0 Å². The fraction of sp³-hybridized carbons (Fsp3) is 0.167. The van der Waals surface area contributed by atoms with E-state index < -0.39 is 10.0 Å². The summed E-state index contributed by atoms with van der Waals surface area (Å²) in [5.74, 6) is 0.561. The maximum atomic E-state index is 12.3. The monoisotopic (exact) mass is 319 g/mol. The second kappa shape index (κ2) is 5.54. The van der Waals surface area contributed by atoms with Crippen LogP contribution in [0.5, 0.6) is 0 Å². The third-order valence-electron chi connectivity index (χ3n) is 2.56. The van der Waals surface area contributed by atoms with Crippen molar-refractivity contribution in [1.29, 1.82) is 0 Å². The van der Waals surface area contributed by atoms with Gasteiger partial charge in [0.1, 0.15) is 5.76 Å². The Morgan fingerprint density at radius 1 is 1.21 bits per heavy atom. The molecule has 2 aromatic rings. The highest BCUT2D eigenvalue weighted by molar-refractivity contribution is 7.89. The standard InChI is InChI=1S/C12H11Cl2NO3S/c1-15(8-9-3-2-6-18-9)19(16,17)10-4-5-11(13)12(14)7-10/h2-7H,8H2,1H3. The van der Waals surface area contributed by atoms with Crippen LogP contribution >= 0.6 is 23.2 Å². The van der Waals surface area contributed by atoms with Gasteiger partial charge in [0, 0.05) is 7.05 Å². The summed E-state index contributed by atoms with van der Waals surface area (Å²) in [5.41, 5.74) is 0. The summed E-state index contributed by atoms with van der Waals surface area (Å²) in [6.07, 6.45) is 1.49. The van der Waals surface area contributed by atoms with Crippen LogP contribution < -0.4 is 0 Å². The van der Waals surface area contributed by atoms with Crippen LogP contribution in [0.2, 0.25) is 10.0 Å². The van der Waals surface area contributed by atoms with Crippen LogP contribution in [-0.2, 0) is 16.6 Å². The molecule has 102 valence electrons. The van der Waals surface area contributed by atoms with Gasteiger partial charge < -0.3 is 4.42 Å². The van der Waals surface area contributed by atoms with Crippen molar-refractivity contribution in [1.82, 2.24) is 4.31 Å². The fourth-order valence-corrected chi connectivity index (χ4v) is 3.05. The van der Waals surface area contributed by atoms with E-state index in [0.717, 1.165) is 0 Å². The Bertz CT molecular complexity index is 668. The van der Waals surface area contributed by atoms with Gasteiger partial charge in [0.15, 0.2) is 0 Å². The Hall–Kier alpha value is -1.01. The van der Waals surface area contributed by atoms with E-state index in [1.807, 2.05) is 0 Å². The average molecular weight is 320 g/mol. The largest absolute Gasteiger partial charge is 0.468 e. The number of sulfonamides is 1. The van der Waals surface area contributed by atoms with Gasteiger partial charge in [-0.25, -0.2) is 8.42 Å². The van der Waals surface area contributed by atoms with E-state index >= 15 is 0 Å². The first-order valence-corrected chi connectivity index (χ1v) is 7.54. The predicted molar refractivity (Wildman–Crippen MR) is 73.8 cm³/mol. The number of hydrogen-bond acceptors (Lipinski definition) is 3. The van der Waals surface area contributed by atoms with Crippen molar-refractivity contribution in [2.75, 3.05) is 7.05 Å². The van der Waals surface area contributed by atoms with Crippen LogP contribution in [0.1, 0.15) is 5.76 Å². The lowest BCUT2D eigenvalue weighted by molar-refractivity contribution is 0.406. The van der Waals surface area contributed by atoms with E-state index in [1.165, 1.54) is 35.8 Å². The van der Waals surface area contributed by atoms with Gasteiger partial charge in [-0.2, -0.15) is 4.31 Å². The summed E-state index contributed by atoms with van der Waals surface area (Å²) >= 11 is 11.6. The topological polar surface area (TPSA) is 50.5 Å². The first-order valence-electron chi connectivity index (χ1n) is 5.35. The van der Waals surface area contributed by atoms with E-state index in [0.29, 0.717) is 10.8 Å². The number of nitrogens with zero attached hydrogens (tertiary/aromatic N) is 1. The first kappa shape index (κ1) is 14.4. The molecule has 2 rings (SSSR count). The molecule has 0 N–H and O–H groups in total. The molecule has 0 fully saturated rings. The molecule has 0 amide bonds. The molecule has 0 unspecified atom stereocenters. The number of rotatable bonds is 4. The van der Waals surface area contributed by atoms with E-state index in [-0.39, 0.29) is 16.5 Å². The van der Waals surface area contributed by atoms with Gasteiger partial charge >= 0.3 is 0 Å². The molecule has 4 nitrogen and oxygen atoms in total. The number of benzene rings is 1. The fourth-order valence-electron chi connectivity index (χ4n) is 1.52. The van der Waals surface area contributed by atoms with Crippen molar-refractivity contribution >= 4 is 33.2 Å². The molecule has 0 atom stereocenters. The van der Waals surface area contributed by atoms with Gasteiger partial charge in [-0.3, -0.25) is 0 Å². The highest BCUT2D eigenvalue weighted by atomic mass is 35.5. The molecule has 7 heteroatoms. The van der Waals surface area contributed by atoms with Crippen LogP contribution in [0.3, 0.4) is 0 Å². The van der Waals surface area contributed by atoms with Crippen LogP contribution in [0.15, 0.2) is 45.9 Å². The molecular formula is C12H11Cl2NO3S. The van der Waals surface area contributed by atoms with Crippen molar-refractivity contribution in [3.05, 3.63) is 52.4 Å². The van der Waals surface area contributed by atoms with Crippen molar-refractivity contribution < 1.29 is 12.8 Å². The second-order valence-electron chi connectivity index (χ2n) is 3.92. The molecule has 19 heavy (non-hydrogen) atoms. The quantitative estimate of drug-likeness (QED) is 0.867. The Balaban J connectivity index is 2.28. The minimum absolute atomic E-state index is 0.0935. The van der Waals surface area contributed by atoms with Crippen molar-refractivity contribution in [3.8, 4) is 0 Å². The van der Waals surface area contributed by atoms with Gasteiger partial charge in [0.25, 0.3) is 0 Å². The highest BCUT2D eigenvalue weighted by Crippen LogP contribution is 2.26. The molecule has 1 aromatic carbocycles. The summed E-state index contributed by atoms with van der Waals surface area (Å²) in [7, 11) is -2.15. The van der Waals surface area contributed by atoms with Crippen molar-refractivity contribution in [3.63, 3.8) is 0 Å². The molecule has 0 aliphatic heterocycles. The molecule has 0 aliphatic rings. The average Bonchev–Trinajstić information content (AvgIpc) is 2.85. The van der Waals surface area contributed by atoms with Gasteiger partial charge in [-0.15, -0.1) is 0 Å².